The first kappa shape index (κ1) is 11.7. The third-order valence-corrected chi connectivity index (χ3v) is 4.03. The van der Waals surface area contributed by atoms with Gasteiger partial charge in [-0.3, -0.25) is 4.79 Å². The monoisotopic (exact) mass is 246 g/mol. The summed E-state index contributed by atoms with van der Waals surface area (Å²) in [6, 6.07) is 10.8. The zero-order chi connectivity index (χ0) is 12.5. The fraction of sp³-hybridized carbons (Fsp3) is 0.500. The lowest BCUT2D eigenvalue weighted by Crippen LogP contribution is -2.38. The van der Waals surface area contributed by atoms with E-state index in [0.29, 0.717) is 12.6 Å². The zero-order valence-corrected chi connectivity index (χ0v) is 10.3. The molecule has 4 nitrogen and oxygen atoms in total. The van der Waals surface area contributed by atoms with E-state index in [1.807, 2.05) is 18.2 Å². The average molecular weight is 246 g/mol. The maximum atomic E-state index is 11.1. The van der Waals surface area contributed by atoms with Crippen molar-refractivity contribution >= 4 is 5.97 Å². The molecule has 0 aromatic heterocycles. The number of hydrogen-bond acceptors (Lipinski definition) is 3. The third-order valence-electron chi connectivity index (χ3n) is 4.03. The van der Waals surface area contributed by atoms with Gasteiger partial charge >= 0.3 is 5.97 Å². The van der Waals surface area contributed by atoms with Crippen molar-refractivity contribution in [2.75, 3.05) is 13.1 Å². The Hall–Kier alpha value is -1.39. The first-order valence-electron chi connectivity index (χ1n) is 6.52. The fourth-order valence-corrected chi connectivity index (χ4v) is 3.08. The lowest BCUT2D eigenvalue weighted by atomic mass is 10.0. The molecule has 1 aromatic rings. The van der Waals surface area contributed by atoms with Crippen LogP contribution in [-0.2, 0) is 11.3 Å². The van der Waals surface area contributed by atoms with Gasteiger partial charge in [0.1, 0.15) is 0 Å². The lowest BCUT2D eigenvalue weighted by molar-refractivity contribution is -0.141. The molecule has 18 heavy (non-hydrogen) atoms. The van der Waals surface area contributed by atoms with Gasteiger partial charge in [-0.25, -0.2) is 10.0 Å². The predicted octanol–water partition coefficient (Wildman–Crippen LogP) is 1.58. The summed E-state index contributed by atoms with van der Waals surface area (Å²) in [4.78, 5) is 11.1. The molecule has 2 unspecified atom stereocenters. The van der Waals surface area contributed by atoms with E-state index in [4.69, 9.17) is 5.11 Å². The summed E-state index contributed by atoms with van der Waals surface area (Å²) in [7, 11) is 0. The Morgan fingerprint density at radius 2 is 2.11 bits per heavy atom. The van der Waals surface area contributed by atoms with Crippen LogP contribution in [0.3, 0.4) is 0 Å². The molecular formula is C14H18N2O2. The van der Waals surface area contributed by atoms with Gasteiger partial charge in [0.2, 0.25) is 0 Å². The van der Waals surface area contributed by atoms with Crippen LogP contribution in [0.5, 0.6) is 0 Å². The first-order valence-corrected chi connectivity index (χ1v) is 6.52. The highest BCUT2D eigenvalue weighted by Gasteiger charge is 2.42. The molecule has 0 bridgehead atoms. The van der Waals surface area contributed by atoms with Crippen molar-refractivity contribution in [2.45, 2.75) is 25.4 Å². The highest BCUT2D eigenvalue weighted by molar-refractivity contribution is 5.70. The molecule has 2 fully saturated rings. The summed E-state index contributed by atoms with van der Waals surface area (Å²) >= 11 is 0. The number of aliphatic carboxylic acids is 1. The number of nitrogens with zero attached hydrogens (tertiary/aromatic N) is 2. The van der Waals surface area contributed by atoms with E-state index in [9.17, 15) is 4.79 Å². The second-order valence-electron chi connectivity index (χ2n) is 5.21. The number of carboxylic acid groups (broad SMARTS) is 1. The molecule has 3 rings (SSSR count). The second kappa shape index (κ2) is 4.71. The molecule has 2 aliphatic rings. The Kier molecular flexibility index (Phi) is 3.06. The van der Waals surface area contributed by atoms with Crippen molar-refractivity contribution in [1.82, 2.24) is 10.0 Å². The average Bonchev–Trinajstić information content (AvgIpc) is 2.93. The topological polar surface area (TPSA) is 43.8 Å². The minimum Gasteiger partial charge on any atom is -0.481 e. The van der Waals surface area contributed by atoms with Crippen molar-refractivity contribution in [1.29, 1.82) is 0 Å². The molecule has 1 aromatic carbocycles. The number of carbonyl (C=O) groups is 1. The van der Waals surface area contributed by atoms with Gasteiger partial charge in [-0.2, -0.15) is 0 Å². The van der Waals surface area contributed by atoms with Crippen LogP contribution in [0, 0.1) is 5.92 Å². The molecule has 4 heteroatoms. The van der Waals surface area contributed by atoms with Crippen LogP contribution in [-0.4, -0.2) is 40.2 Å². The molecule has 0 spiro atoms. The van der Waals surface area contributed by atoms with E-state index in [1.165, 1.54) is 5.56 Å². The molecule has 0 radical (unpaired) electrons. The second-order valence-corrected chi connectivity index (χ2v) is 5.21. The number of hydrazine groups is 1. The van der Waals surface area contributed by atoms with E-state index < -0.39 is 5.97 Å². The quantitative estimate of drug-likeness (QED) is 0.879. The zero-order valence-electron chi connectivity index (χ0n) is 10.3. The van der Waals surface area contributed by atoms with E-state index >= 15 is 0 Å². The molecular weight excluding hydrogens is 228 g/mol. The number of carboxylic acids is 1. The van der Waals surface area contributed by atoms with E-state index in [2.05, 4.69) is 22.2 Å². The maximum absolute atomic E-state index is 11.1. The van der Waals surface area contributed by atoms with E-state index in [-0.39, 0.29) is 5.92 Å². The summed E-state index contributed by atoms with van der Waals surface area (Å²) in [5.41, 5.74) is 1.29. The largest absolute Gasteiger partial charge is 0.481 e. The molecule has 0 saturated carbocycles. The Morgan fingerprint density at radius 1 is 1.33 bits per heavy atom. The van der Waals surface area contributed by atoms with Gasteiger partial charge < -0.3 is 5.11 Å². The Balaban J connectivity index is 1.67. The van der Waals surface area contributed by atoms with Gasteiger partial charge in [-0.15, -0.1) is 0 Å². The molecule has 2 saturated heterocycles. The molecule has 0 aliphatic carbocycles. The first-order chi connectivity index (χ1) is 8.74. The lowest BCUT2D eigenvalue weighted by Gasteiger charge is -2.27. The molecule has 2 aliphatic heterocycles. The maximum Gasteiger partial charge on any atom is 0.307 e. The summed E-state index contributed by atoms with van der Waals surface area (Å²) in [5.74, 6) is -0.836. The summed E-state index contributed by atoms with van der Waals surface area (Å²) in [6.07, 6.45) is 1.90. The SMILES string of the molecule is O=C(O)C1CC2CCN(Cc3ccccc3)N2C1. The van der Waals surface area contributed by atoms with Crippen LogP contribution in [0.25, 0.3) is 0 Å². The predicted molar refractivity (Wildman–Crippen MR) is 67.7 cm³/mol. The summed E-state index contributed by atoms with van der Waals surface area (Å²) < 4.78 is 0. The van der Waals surface area contributed by atoms with Crippen LogP contribution in [0.2, 0.25) is 0 Å². The number of fused-ring (bicyclic) bond motifs is 1. The van der Waals surface area contributed by atoms with Gasteiger partial charge in [-0.1, -0.05) is 30.3 Å². The normalized spacial score (nSPS) is 28.4. The Bertz CT molecular complexity index is 435. The highest BCUT2D eigenvalue weighted by Crippen LogP contribution is 2.33. The van der Waals surface area contributed by atoms with Gasteiger partial charge in [0.25, 0.3) is 0 Å². The molecule has 2 atom stereocenters. The van der Waals surface area contributed by atoms with Crippen LogP contribution in [0.1, 0.15) is 18.4 Å². The van der Waals surface area contributed by atoms with Gasteiger partial charge in [0.05, 0.1) is 5.92 Å². The van der Waals surface area contributed by atoms with Crippen molar-refractivity contribution in [3.8, 4) is 0 Å². The Morgan fingerprint density at radius 3 is 2.83 bits per heavy atom. The van der Waals surface area contributed by atoms with Crippen molar-refractivity contribution in [3.63, 3.8) is 0 Å². The van der Waals surface area contributed by atoms with E-state index in [1.54, 1.807) is 0 Å². The van der Waals surface area contributed by atoms with Gasteiger partial charge in [-0.05, 0) is 18.4 Å². The van der Waals surface area contributed by atoms with Crippen LogP contribution >= 0.6 is 0 Å². The molecule has 1 N–H and O–H groups in total. The molecule has 2 heterocycles. The highest BCUT2D eigenvalue weighted by atomic mass is 16.4. The van der Waals surface area contributed by atoms with Crippen molar-refractivity contribution in [3.05, 3.63) is 35.9 Å². The number of rotatable bonds is 3. The fourth-order valence-electron chi connectivity index (χ4n) is 3.08. The molecule has 96 valence electrons. The number of benzene rings is 1. The van der Waals surface area contributed by atoms with E-state index in [0.717, 1.165) is 25.9 Å². The summed E-state index contributed by atoms with van der Waals surface area (Å²) in [6.45, 7) is 2.61. The third kappa shape index (κ3) is 2.13. The standard InChI is InChI=1S/C14H18N2O2/c17-14(18)12-8-13-6-7-15(16(13)10-12)9-11-4-2-1-3-5-11/h1-5,12-13H,6-10H2,(H,17,18). The van der Waals surface area contributed by atoms with Gasteiger partial charge in [0, 0.05) is 25.7 Å². The van der Waals surface area contributed by atoms with Crippen LogP contribution in [0.15, 0.2) is 30.3 Å². The minimum absolute atomic E-state index is 0.187. The van der Waals surface area contributed by atoms with Crippen molar-refractivity contribution < 1.29 is 9.90 Å². The van der Waals surface area contributed by atoms with Gasteiger partial charge in [0.15, 0.2) is 0 Å². The smallest absolute Gasteiger partial charge is 0.307 e. The molecule has 0 amide bonds. The van der Waals surface area contributed by atoms with Crippen LogP contribution in [0.4, 0.5) is 0 Å². The summed E-state index contributed by atoms with van der Waals surface area (Å²) in [5, 5.41) is 13.7. The van der Waals surface area contributed by atoms with Crippen molar-refractivity contribution in [2.24, 2.45) is 5.92 Å². The van der Waals surface area contributed by atoms with Crippen LogP contribution < -0.4 is 0 Å². The minimum atomic E-state index is -0.649. The number of hydrogen-bond donors (Lipinski definition) is 1. The Labute approximate surface area is 107 Å².